The molecule has 10 radical (unpaired) electrons. The smallest absolute Gasteiger partial charge is 0.315 e. The molecule has 0 bridgehead atoms. The largest absolute Gasteiger partial charge is 0.457 e. The Bertz CT molecular complexity index is 972. The summed E-state index contributed by atoms with van der Waals surface area (Å²) >= 11 is 0. The monoisotopic (exact) mass is 594 g/mol. The molecule has 0 heterocycles. The van der Waals surface area contributed by atoms with E-state index in [2.05, 4.69) is 44.7 Å². The van der Waals surface area contributed by atoms with E-state index in [0.717, 1.165) is 17.5 Å². The Morgan fingerprint density at radius 2 is 1.32 bits per heavy atom. The van der Waals surface area contributed by atoms with Crippen molar-refractivity contribution in [2.24, 2.45) is 17.8 Å². The first-order chi connectivity index (χ1) is 18.8. The first-order valence-corrected chi connectivity index (χ1v) is 14.8. The molecule has 2 aliphatic carbocycles. The van der Waals surface area contributed by atoms with E-state index in [-0.39, 0.29) is 40.8 Å². The number of carbonyl (C=O) groups excluding carboxylic acids is 2. The van der Waals surface area contributed by atoms with Gasteiger partial charge in [0.2, 0.25) is 0 Å². The van der Waals surface area contributed by atoms with Crippen molar-refractivity contribution in [2.75, 3.05) is 0 Å². The Labute approximate surface area is 255 Å². The summed E-state index contributed by atoms with van der Waals surface area (Å²) in [4.78, 5) is 25.0. The number of benzene rings is 2. The summed E-state index contributed by atoms with van der Waals surface area (Å²) in [7, 11) is -0.929. The number of hydrogen-bond donors (Lipinski definition) is 0. The first kappa shape index (κ1) is 34.5. The molecule has 0 spiro atoms. The SMILES string of the molecule is C=C(C(C)C)[C@H](OC(=O)[C]1[CH][CH][CH][C]1P(c1ccccc1)c1ccccc1)[C@@H](CC=O)C(C)C.[CH]1[CH][CH][CH][CH]1.[Fe]. The molecular weight excluding hydrogens is 555 g/mol. The minimum atomic E-state index is -0.929. The van der Waals surface area contributed by atoms with Gasteiger partial charge in [-0.05, 0) is 87.3 Å². The second kappa shape index (κ2) is 17.9. The van der Waals surface area contributed by atoms with Crippen LogP contribution in [-0.4, -0.2) is 18.4 Å². The van der Waals surface area contributed by atoms with Gasteiger partial charge in [0.25, 0.3) is 0 Å². The molecule has 2 aromatic carbocycles. The third-order valence-electron chi connectivity index (χ3n) is 6.79. The molecule has 2 aliphatic rings. The van der Waals surface area contributed by atoms with Gasteiger partial charge in [0.1, 0.15) is 18.3 Å². The number of esters is 1. The molecule has 40 heavy (non-hydrogen) atoms. The van der Waals surface area contributed by atoms with Crippen molar-refractivity contribution in [1.29, 1.82) is 0 Å². The predicted molar refractivity (Wildman–Crippen MR) is 163 cm³/mol. The average molecular weight is 595 g/mol. The summed E-state index contributed by atoms with van der Waals surface area (Å²) in [5, 5.41) is 2.35. The van der Waals surface area contributed by atoms with E-state index in [1.807, 2.05) is 102 Å². The van der Waals surface area contributed by atoms with E-state index in [4.69, 9.17) is 4.74 Å². The quantitative estimate of drug-likeness (QED) is 0.0940. The van der Waals surface area contributed by atoms with E-state index in [1.165, 1.54) is 10.6 Å². The van der Waals surface area contributed by atoms with Crippen molar-refractivity contribution in [2.45, 2.75) is 40.2 Å². The zero-order chi connectivity index (χ0) is 28.2. The van der Waals surface area contributed by atoms with Crippen LogP contribution in [0.3, 0.4) is 0 Å². The van der Waals surface area contributed by atoms with Gasteiger partial charge >= 0.3 is 5.97 Å². The van der Waals surface area contributed by atoms with Crippen LogP contribution >= 0.6 is 7.92 Å². The molecule has 2 atom stereocenters. The van der Waals surface area contributed by atoms with E-state index in [9.17, 15) is 9.59 Å². The Hall–Kier alpha value is -1.73. The Balaban J connectivity index is 0.000000840. The fourth-order valence-corrected chi connectivity index (χ4v) is 6.92. The van der Waals surface area contributed by atoms with Gasteiger partial charge in [-0.1, -0.05) is 94.9 Å². The number of hydrogen-bond acceptors (Lipinski definition) is 3. The van der Waals surface area contributed by atoms with Crippen LogP contribution in [0.25, 0.3) is 0 Å². The maximum Gasteiger partial charge on any atom is 0.315 e. The van der Waals surface area contributed by atoms with Crippen molar-refractivity contribution >= 4 is 30.8 Å². The molecule has 0 saturated heterocycles. The van der Waals surface area contributed by atoms with Crippen LogP contribution in [0.2, 0.25) is 0 Å². The summed E-state index contributed by atoms with van der Waals surface area (Å²) in [6.45, 7) is 12.4. The van der Waals surface area contributed by atoms with Crippen LogP contribution in [-0.2, 0) is 31.4 Å². The fraction of sp³-hybridized carbons (Fsp3) is 0.257. The van der Waals surface area contributed by atoms with Crippen molar-refractivity contribution in [3.05, 3.63) is 136 Å². The molecule has 0 aliphatic heterocycles. The molecule has 0 amide bonds. The van der Waals surface area contributed by atoms with Crippen molar-refractivity contribution in [3.8, 4) is 0 Å². The summed E-state index contributed by atoms with van der Waals surface area (Å²) < 4.78 is 6.17. The Kier molecular flexibility index (Phi) is 15.5. The molecule has 0 aromatic heterocycles. The predicted octanol–water partition coefficient (Wildman–Crippen LogP) is 6.86. The standard InChI is InChI=1S/C30H34O3P.C5H5.Fe/c1-21(2)23(5)29(26(19-20-31)22(3)4)33-30(32)27-17-12-18-28(27)34(24-13-8-6-9-14-24)25-15-10-7-11-16-25;1-2-4-5-3-1;/h6-18,20-22,26,29H,5,19H2,1-4H3;1-5H;/t26-,29-;;/m0../s1. The third kappa shape index (κ3) is 9.68. The normalized spacial score (nSPS) is 17.2. The maximum absolute atomic E-state index is 13.6. The number of aldehydes is 1. The van der Waals surface area contributed by atoms with Crippen LogP contribution in [0.4, 0.5) is 0 Å². The van der Waals surface area contributed by atoms with Gasteiger partial charge in [0.15, 0.2) is 0 Å². The van der Waals surface area contributed by atoms with Crippen LogP contribution in [0.15, 0.2) is 72.8 Å². The van der Waals surface area contributed by atoms with Crippen LogP contribution in [0.5, 0.6) is 0 Å². The third-order valence-corrected chi connectivity index (χ3v) is 9.29. The molecule has 210 valence electrons. The van der Waals surface area contributed by atoms with Gasteiger partial charge in [-0.25, -0.2) is 0 Å². The molecule has 2 saturated carbocycles. The summed E-state index contributed by atoms with van der Waals surface area (Å²) in [5.41, 5.74) is 1.82. The zero-order valence-corrected chi connectivity index (χ0v) is 25.7. The second-order valence-electron chi connectivity index (χ2n) is 10.2. The average Bonchev–Trinajstić information content (AvgIpc) is 3.67. The molecule has 0 N–H and O–H groups in total. The first-order valence-electron chi connectivity index (χ1n) is 13.5. The van der Waals surface area contributed by atoms with Gasteiger partial charge < -0.3 is 9.53 Å². The molecule has 4 rings (SSSR count). The number of rotatable bonds is 11. The van der Waals surface area contributed by atoms with E-state index < -0.39 is 14.0 Å². The van der Waals surface area contributed by atoms with Crippen molar-refractivity contribution < 1.29 is 31.4 Å². The minimum absolute atomic E-state index is 0. The van der Waals surface area contributed by atoms with Gasteiger partial charge in [-0.3, -0.25) is 4.79 Å². The van der Waals surface area contributed by atoms with Gasteiger partial charge in [0, 0.05) is 35.1 Å². The van der Waals surface area contributed by atoms with Gasteiger partial charge in [-0.15, -0.1) is 0 Å². The Morgan fingerprint density at radius 1 is 0.825 bits per heavy atom. The minimum Gasteiger partial charge on any atom is -0.457 e. The summed E-state index contributed by atoms with van der Waals surface area (Å²) in [6, 6.07) is 20.6. The molecular formula is C35H39FeO3P. The van der Waals surface area contributed by atoms with Crippen molar-refractivity contribution in [1.82, 2.24) is 0 Å². The van der Waals surface area contributed by atoms with Crippen molar-refractivity contribution in [3.63, 3.8) is 0 Å². The van der Waals surface area contributed by atoms with Crippen LogP contribution < -0.4 is 10.6 Å². The second-order valence-corrected chi connectivity index (χ2v) is 12.3. The molecule has 3 nitrogen and oxygen atoms in total. The van der Waals surface area contributed by atoms with Crippen LogP contribution in [0.1, 0.15) is 34.1 Å². The zero-order valence-electron chi connectivity index (χ0n) is 23.7. The number of carbonyl (C=O) groups is 2. The fourth-order valence-electron chi connectivity index (χ4n) is 4.48. The topological polar surface area (TPSA) is 43.4 Å². The maximum atomic E-state index is 13.6. The van der Waals surface area contributed by atoms with E-state index in [1.54, 1.807) is 0 Å². The van der Waals surface area contributed by atoms with E-state index in [0.29, 0.717) is 12.3 Å². The molecule has 2 fully saturated rings. The van der Waals surface area contributed by atoms with Crippen LogP contribution in [0, 0.1) is 80.7 Å². The number of ether oxygens (including phenoxy) is 1. The van der Waals surface area contributed by atoms with E-state index >= 15 is 0 Å². The molecule has 0 unspecified atom stereocenters. The molecule has 5 heteroatoms. The van der Waals surface area contributed by atoms with Gasteiger partial charge in [0.05, 0.1) is 0 Å². The Morgan fingerprint density at radius 3 is 1.75 bits per heavy atom. The summed E-state index contributed by atoms with van der Waals surface area (Å²) in [5.74, 6) is 0.412. The van der Waals surface area contributed by atoms with Gasteiger partial charge in [-0.2, -0.15) is 0 Å². The molecule has 2 aromatic rings. The summed E-state index contributed by atoms with van der Waals surface area (Å²) in [6.07, 6.45) is 16.5.